The molecule has 0 aliphatic heterocycles. The number of nitrogens with one attached hydrogen (secondary N) is 2. The van der Waals surface area contributed by atoms with Crippen molar-refractivity contribution in [2.75, 3.05) is 6.54 Å². The second kappa shape index (κ2) is 7.55. The minimum absolute atomic E-state index is 0.0690. The Hall–Kier alpha value is -3.20. The molecule has 0 aliphatic carbocycles. The highest BCUT2D eigenvalue weighted by Gasteiger charge is 2.04. The highest BCUT2D eigenvalue weighted by atomic mass is 16.5. The SMILES string of the molecule is O=C(NCC#Cc1c[nH]c(C(=O)O)c1)OCc1ccccc1. The van der Waals surface area contributed by atoms with Gasteiger partial charge in [-0.05, 0) is 11.6 Å². The average molecular weight is 298 g/mol. The molecule has 6 nitrogen and oxygen atoms in total. The number of benzene rings is 1. The molecule has 22 heavy (non-hydrogen) atoms. The number of carbonyl (C=O) groups excluding carboxylic acids is 1. The van der Waals surface area contributed by atoms with Crippen molar-refractivity contribution in [2.24, 2.45) is 0 Å². The Labute approximate surface area is 127 Å². The van der Waals surface area contributed by atoms with Gasteiger partial charge >= 0.3 is 12.1 Å². The van der Waals surface area contributed by atoms with Crippen molar-refractivity contribution < 1.29 is 19.4 Å². The molecule has 112 valence electrons. The van der Waals surface area contributed by atoms with Crippen molar-refractivity contribution in [1.29, 1.82) is 0 Å². The normalized spacial score (nSPS) is 9.45. The van der Waals surface area contributed by atoms with E-state index in [0.717, 1.165) is 5.56 Å². The Balaban J connectivity index is 1.73. The summed E-state index contributed by atoms with van der Waals surface area (Å²) in [5, 5.41) is 11.2. The maximum atomic E-state index is 11.4. The minimum Gasteiger partial charge on any atom is -0.477 e. The van der Waals surface area contributed by atoms with E-state index in [2.05, 4.69) is 22.1 Å². The molecule has 0 saturated heterocycles. The van der Waals surface area contributed by atoms with Crippen LogP contribution in [0.25, 0.3) is 0 Å². The van der Waals surface area contributed by atoms with E-state index in [1.165, 1.54) is 12.3 Å². The summed E-state index contributed by atoms with van der Waals surface area (Å²) < 4.78 is 5.01. The maximum Gasteiger partial charge on any atom is 0.408 e. The zero-order chi connectivity index (χ0) is 15.8. The molecule has 1 aromatic heterocycles. The fraction of sp³-hybridized carbons (Fsp3) is 0.125. The minimum atomic E-state index is -1.05. The van der Waals surface area contributed by atoms with Crippen LogP contribution in [0.3, 0.4) is 0 Å². The number of amides is 1. The molecule has 0 aliphatic rings. The lowest BCUT2D eigenvalue weighted by molar-refractivity contribution is 0.0691. The quantitative estimate of drug-likeness (QED) is 0.753. The van der Waals surface area contributed by atoms with Crippen LogP contribution in [0.2, 0.25) is 0 Å². The molecule has 2 rings (SSSR count). The molecule has 3 N–H and O–H groups in total. The first-order valence-electron chi connectivity index (χ1n) is 6.50. The number of ether oxygens (including phenoxy) is 1. The van der Waals surface area contributed by atoms with E-state index < -0.39 is 12.1 Å². The van der Waals surface area contributed by atoms with Gasteiger partial charge in [0, 0.05) is 11.8 Å². The summed E-state index contributed by atoms with van der Waals surface area (Å²) in [4.78, 5) is 24.7. The van der Waals surface area contributed by atoms with Crippen LogP contribution in [0.4, 0.5) is 4.79 Å². The van der Waals surface area contributed by atoms with E-state index in [1.54, 1.807) is 0 Å². The molecule has 0 spiro atoms. The van der Waals surface area contributed by atoms with Gasteiger partial charge in [-0.15, -0.1) is 0 Å². The van der Waals surface area contributed by atoms with Gasteiger partial charge in [0.1, 0.15) is 12.3 Å². The molecule has 2 aromatic rings. The van der Waals surface area contributed by atoms with Crippen molar-refractivity contribution in [1.82, 2.24) is 10.3 Å². The third kappa shape index (κ3) is 4.72. The first kappa shape index (κ1) is 15.2. The first-order valence-corrected chi connectivity index (χ1v) is 6.50. The molecule has 0 atom stereocenters. The fourth-order valence-corrected chi connectivity index (χ4v) is 1.63. The predicted molar refractivity (Wildman–Crippen MR) is 79.3 cm³/mol. The van der Waals surface area contributed by atoms with E-state index in [1.807, 2.05) is 30.3 Å². The number of aromatic amines is 1. The molecule has 1 aromatic carbocycles. The topological polar surface area (TPSA) is 91.4 Å². The van der Waals surface area contributed by atoms with Crippen LogP contribution in [0.15, 0.2) is 42.6 Å². The number of carboxylic acids is 1. The Morgan fingerprint density at radius 3 is 2.73 bits per heavy atom. The molecular weight excluding hydrogens is 284 g/mol. The molecule has 0 radical (unpaired) electrons. The van der Waals surface area contributed by atoms with Crippen molar-refractivity contribution in [3.05, 3.63) is 59.4 Å². The van der Waals surface area contributed by atoms with Crippen molar-refractivity contribution in [2.45, 2.75) is 6.61 Å². The highest BCUT2D eigenvalue weighted by Crippen LogP contribution is 2.01. The van der Waals surface area contributed by atoms with Crippen LogP contribution in [0, 0.1) is 11.8 Å². The lowest BCUT2D eigenvalue weighted by Gasteiger charge is -2.04. The summed E-state index contributed by atoms with van der Waals surface area (Å²) in [5.41, 5.74) is 1.51. The Morgan fingerprint density at radius 2 is 2.05 bits per heavy atom. The number of carbonyl (C=O) groups is 2. The van der Waals surface area contributed by atoms with Gasteiger partial charge in [-0.1, -0.05) is 42.2 Å². The van der Waals surface area contributed by atoms with Crippen LogP contribution in [-0.4, -0.2) is 28.7 Å². The predicted octanol–water partition coefficient (Wildman–Crippen LogP) is 1.99. The van der Waals surface area contributed by atoms with Crippen molar-refractivity contribution in [3.8, 4) is 11.8 Å². The summed E-state index contributed by atoms with van der Waals surface area (Å²) in [6.07, 6.45) is 0.933. The van der Waals surface area contributed by atoms with Gasteiger partial charge < -0.3 is 20.1 Å². The van der Waals surface area contributed by atoms with Gasteiger partial charge in [0.2, 0.25) is 0 Å². The lowest BCUT2D eigenvalue weighted by atomic mass is 10.2. The number of aromatic carboxylic acids is 1. The van der Waals surface area contributed by atoms with E-state index in [-0.39, 0.29) is 18.8 Å². The van der Waals surface area contributed by atoms with Gasteiger partial charge in [-0.25, -0.2) is 9.59 Å². The summed E-state index contributed by atoms with van der Waals surface area (Å²) in [7, 11) is 0. The Kier molecular flexibility index (Phi) is 5.21. The molecule has 1 amide bonds. The highest BCUT2D eigenvalue weighted by molar-refractivity contribution is 5.86. The second-order valence-corrected chi connectivity index (χ2v) is 4.32. The van der Waals surface area contributed by atoms with Crippen molar-refractivity contribution >= 4 is 12.1 Å². The number of hydrogen-bond acceptors (Lipinski definition) is 3. The van der Waals surface area contributed by atoms with Crippen LogP contribution >= 0.6 is 0 Å². The largest absolute Gasteiger partial charge is 0.477 e. The maximum absolute atomic E-state index is 11.4. The molecule has 1 heterocycles. The molecule has 0 fully saturated rings. The number of aromatic nitrogens is 1. The van der Waals surface area contributed by atoms with Gasteiger partial charge in [0.25, 0.3) is 0 Å². The zero-order valence-electron chi connectivity index (χ0n) is 11.6. The Morgan fingerprint density at radius 1 is 1.27 bits per heavy atom. The van der Waals surface area contributed by atoms with Crippen LogP contribution in [-0.2, 0) is 11.3 Å². The third-order valence-corrected chi connectivity index (χ3v) is 2.68. The van der Waals surface area contributed by atoms with Crippen LogP contribution < -0.4 is 5.32 Å². The molecule has 6 heteroatoms. The van der Waals surface area contributed by atoms with Gasteiger partial charge in [-0.3, -0.25) is 0 Å². The van der Waals surface area contributed by atoms with E-state index >= 15 is 0 Å². The number of H-pyrrole nitrogens is 1. The van der Waals surface area contributed by atoms with E-state index in [4.69, 9.17) is 9.84 Å². The van der Waals surface area contributed by atoms with E-state index in [9.17, 15) is 9.59 Å². The van der Waals surface area contributed by atoms with Gasteiger partial charge in [0.05, 0.1) is 6.54 Å². The molecule has 0 saturated carbocycles. The number of carboxylic acid groups (broad SMARTS) is 1. The van der Waals surface area contributed by atoms with Gasteiger partial charge in [-0.2, -0.15) is 0 Å². The number of rotatable bonds is 4. The fourth-order valence-electron chi connectivity index (χ4n) is 1.63. The van der Waals surface area contributed by atoms with Crippen LogP contribution in [0.5, 0.6) is 0 Å². The van der Waals surface area contributed by atoms with Crippen LogP contribution in [0.1, 0.15) is 21.6 Å². The monoisotopic (exact) mass is 298 g/mol. The second-order valence-electron chi connectivity index (χ2n) is 4.32. The average Bonchev–Trinajstić information content (AvgIpc) is 3.00. The molecule has 0 unspecified atom stereocenters. The van der Waals surface area contributed by atoms with Crippen molar-refractivity contribution in [3.63, 3.8) is 0 Å². The summed E-state index contributed by atoms with van der Waals surface area (Å²) >= 11 is 0. The lowest BCUT2D eigenvalue weighted by Crippen LogP contribution is -2.24. The number of hydrogen-bond donors (Lipinski definition) is 3. The third-order valence-electron chi connectivity index (χ3n) is 2.68. The van der Waals surface area contributed by atoms with E-state index in [0.29, 0.717) is 5.56 Å². The molecule has 0 bridgehead atoms. The number of alkyl carbamates (subject to hydrolysis) is 1. The summed E-state index contributed by atoms with van der Waals surface area (Å²) in [6.45, 7) is 0.307. The molecular formula is C16H14N2O4. The smallest absolute Gasteiger partial charge is 0.408 e. The Bertz CT molecular complexity index is 710. The first-order chi connectivity index (χ1) is 10.6. The van der Waals surface area contributed by atoms with Gasteiger partial charge in [0.15, 0.2) is 0 Å². The zero-order valence-corrected chi connectivity index (χ0v) is 11.6. The summed E-state index contributed by atoms with van der Waals surface area (Å²) in [6, 6.07) is 10.8. The summed E-state index contributed by atoms with van der Waals surface area (Å²) in [5.74, 6) is 4.40. The standard InChI is InChI=1S/C16H14N2O4/c19-15(20)14-9-13(10-18-14)7-4-8-17-16(21)22-11-12-5-2-1-3-6-12/h1-3,5-6,9-10,18H,8,11H2,(H,17,21)(H,19,20).